The third-order valence-corrected chi connectivity index (χ3v) is 4.84. The van der Waals surface area contributed by atoms with Crippen LogP contribution in [0.25, 0.3) is 0 Å². The van der Waals surface area contributed by atoms with Crippen molar-refractivity contribution in [2.24, 2.45) is 16.7 Å². The molecule has 1 nitrogen and oxygen atoms in total. The molecule has 0 aromatic heterocycles. The second-order valence-electron chi connectivity index (χ2n) is 6.10. The summed E-state index contributed by atoms with van der Waals surface area (Å²) in [6.07, 6.45) is 7.28. The van der Waals surface area contributed by atoms with Gasteiger partial charge in [-0.25, -0.2) is 0 Å². The molecule has 0 heterocycles. The van der Waals surface area contributed by atoms with Crippen LogP contribution in [0.1, 0.15) is 59.3 Å². The standard InChI is InChI=1S/C13H22O/c1-12(2)10-6-4-5-8-13(10,3)9-7-11(12)14/h10H,4-9H2,1-3H3/t10-,13-/m1/s1. The molecule has 2 fully saturated rings. The maximum Gasteiger partial charge on any atom is 0.138 e. The normalized spacial score (nSPS) is 41.9. The number of fused-ring (bicyclic) bond motifs is 1. The lowest BCUT2D eigenvalue weighted by Gasteiger charge is -2.52. The zero-order valence-electron chi connectivity index (χ0n) is 9.73. The lowest BCUT2D eigenvalue weighted by Crippen LogP contribution is -2.48. The van der Waals surface area contributed by atoms with Crippen molar-refractivity contribution < 1.29 is 4.79 Å². The fourth-order valence-electron chi connectivity index (χ4n) is 3.85. The van der Waals surface area contributed by atoms with Crippen molar-refractivity contribution in [1.29, 1.82) is 0 Å². The molecule has 0 spiro atoms. The second kappa shape index (κ2) is 3.08. The van der Waals surface area contributed by atoms with Crippen molar-refractivity contribution in [3.05, 3.63) is 0 Å². The van der Waals surface area contributed by atoms with Crippen LogP contribution in [0.3, 0.4) is 0 Å². The molecule has 2 aliphatic carbocycles. The predicted octanol–water partition coefficient (Wildman–Crippen LogP) is 3.57. The van der Waals surface area contributed by atoms with Gasteiger partial charge in [0.25, 0.3) is 0 Å². The van der Waals surface area contributed by atoms with Crippen LogP contribution in [0.4, 0.5) is 0 Å². The lowest BCUT2D eigenvalue weighted by atomic mass is 9.51. The van der Waals surface area contributed by atoms with Crippen LogP contribution in [-0.2, 0) is 4.79 Å². The van der Waals surface area contributed by atoms with Gasteiger partial charge in [0.1, 0.15) is 5.78 Å². The Hall–Kier alpha value is -0.330. The average molecular weight is 194 g/mol. The van der Waals surface area contributed by atoms with Gasteiger partial charge in [-0.15, -0.1) is 0 Å². The Bertz CT molecular complexity index is 254. The van der Waals surface area contributed by atoms with Crippen molar-refractivity contribution in [2.75, 3.05) is 0 Å². The molecule has 0 unspecified atom stereocenters. The van der Waals surface area contributed by atoms with Crippen molar-refractivity contribution in [3.63, 3.8) is 0 Å². The van der Waals surface area contributed by atoms with Gasteiger partial charge in [-0.05, 0) is 30.6 Å². The van der Waals surface area contributed by atoms with Crippen molar-refractivity contribution >= 4 is 5.78 Å². The van der Waals surface area contributed by atoms with Gasteiger partial charge in [0, 0.05) is 11.8 Å². The summed E-state index contributed by atoms with van der Waals surface area (Å²) in [7, 11) is 0. The smallest absolute Gasteiger partial charge is 0.138 e. The van der Waals surface area contributed by atoms with Gasteiger partial charge in [-0.2, -0.15) is 0 Å². The molecule has 0 aromatic carbocycles. The van der Waals surface area contributed by atoms with E-state index >= 15 is 0 Å². The van der Waals surface area contributed by atoms with Crippen LogP contribution in [0.15, 0.2) is 0 Å². The van der Waals surface area contributed by atoms with E-state index in [1.807, 2.05) is 0 Å². The minimum Gasteiger partial charge on any atom is -0.299 e. The quantitative estimate of drug-likeness (QED) is 0.576. The Morgan fingerprint density at radius 3 is 2.57 bits per heavy atom. The van der Waals surface area contributed by atoms with Crippen LogP contribution in [0, 0.1) is 16.7 Å². The molecule has 80 valence electrons. The van der Waals surface area contributed by atoms with Crippen LogP contribution in [0.5, 0.6) is 0 Å². The van der Waals surface area contributed by atoms with Crippen LogP contribution >= 0.6 is 0 Å². The topological polar surface area (TPSA) is 17.1 Å². The molecule has 0 amide bonds. The first-order chi connectivity index (χ1) is 6.47. The highest BCUT2D eigenvalue weighted by molar-refractivity contribution is 5.85. The van der Waals surface area contributed by atoms with E-state index in [1.54, 1.807) is 0 Å². The highest BCUT2D eigenvalue weighted by atomic mass is 16.1. The molecule has 2 saturated carbocycles. The van der Waals surface area contributed by atoms with E-state index in [1.165, 1.54) is 25.7 Å². The molecule has 0 radical (unpaired) electrons. The van der Waals surface area contributed by atoms with Crippen LogP contribution < -0.4 is 0 Å². The zero-order chi connectivity index (χ0) is 10.4. The van der Waals surface area contributed by atoms with E-state index in [4.69, 9.17) is 0 Å². The summed E-state index contributed by atoms with van der Waals surface area (Å²) in [4.78, 5) is 11.9. The lowest BCUT2D eigenvalue weighted by molar-refractivity contribution is -0.142. The Labute approximate surface area is 87.3 Å². The number of ketones is 1. The summed E-state index contributed by atoms with van der Waals surface area (Å²) in [5.74, 6) is 1.15. The van der Waals surface area contributed by atoms with Crippen molar-refractivity contribution in [3.8, 4) is 0 Å². The van der Waals surface area contributed by atoms with E-state index in [2.05, 4.69) is 20.8 Å². The maximum absolute atomic E-state index is 11.9. The van der Waals surface area contributed by atoms with E-state index < -0.39 is 0 Å². The SMILES string of the molecule is CC1(C)C(=O)CC[C@@]2(C)CCCC[C@H]12. The molecule has 2 rings (SSSR count). The van der Waals surface area contributed by atoms with Gasteiger partial charge < -0.3 is 0 Å². The Balaban J connectivity index is 2.30. The minimum absolute atomic E-state index is 0.0482. The molecular weight excluding hydrogens is 172 g/mol. The number of Topliss-reactive ketones (excluding diaryl/α,β-unsaturated/α-hetero) is 1. The van der Waals surface area contributed by atoms with E-state index in [9.17, 15) is 4.79 Å². The number of hydrogen-bond acceptors (Lipinski definition) is 1. The number of carbonyl (C=O) groups is 1. The summed E-state index contributed by atoms with van der Waals surface area (Å²) in [6, 6.07) is 0. The van der Waals surface area contributed by atoms with Gasteiger partial charge in [0.2, 0.25) is 0 Å². The summed E-state index contributed by atoms with van der Waals surface area (Å²) in [6.45, 7) is 6.75. The Kier molecular flexibility index (Phi) is 2.24. The van der Waals surface area contributed by atoms with Crippen molar-refractivity contribution in [2.45, 2.75) is 59.3 Å². The first-order valence-corrected chi connectivity index (χ1v) is 6.00. The van der Waals surface area contributed by atoms with Crippen LogP contribution in [-0.4, -0.2) is 5.78 Å². The van der Waals surface area contributed by atoms with Gasteiger partial charge in [-0.3, -0.25) is 4.79 Å². The van der Waals surface area contributed by atoms with Crippen molar-refractivity contribution in [1.82, 2.24) is 0 Å². The minimum atomic E-state index is -0.0482. The summed E-state index contributed by atoms with van der Waals surface area (Å²) < 4.78 is 0. The second-order valence-corrected chi connectivity index (χ2v) is 6.10. The number of carbonyl (C=O) groups excluding carboxylic acids is 1. The summed E-state index contributed by atoms with van der Waals surface area (Å²) in [5, 5.41) is 0. The number of hydrogen-bond donors (Lipinski definition) is 0. The third kappa shape index (κ3) is 1.32. The molecule has 2 aliphatic rings. The fourth-order valence-corrected chi connectivity index (χ4v) is 3.85. The Morgan fingerprint density at radius 2 is 1.86 bits per heavy atom. The van der Waals surface area contributed by atoms with E-state index in [-0.39, 0.29) is 5.41 Å². The van der Waals surface area contributed by atoms with E-state index in [0.29, 0.717) is 17.1 Å². The third-order valence-electron chi connectivity index (χ3n) is 4.84. The fraction of sp³-hybridized carbons (Fsp3) is 0.923. The molecule has 0 aliphatic heterocycles. The molecule has 2 atom stereocenters. The molecule has 0 N–H and O–H groups in total. The average Bonchev–Trinajstić information content (AvgIpc) is 2.13. The summed E-state index contributed by atoms with van der Waals surface area (Å²) in [5.41, 5.74) is 0.420. The number of rotatable bonds is 0. The first-order valence-electron chi connectivity index (χ1n) is 6.00. The predicted molar refractivity (Wildman–Crippen MR) is 58.1 cm³/mol. The molecular formula is C13H22O. The molecule has 0 bridgehead atoms. The first kappa shape index (κ1) is 10.2. The van der Waals surface area contributed by atoms with Gasteiger partial charge in [-0.1, -0.05) is 33.6 Å². The van der Waals surface area contributed by atoms with Gasteiger partial charge >= 0.3 is 0 Å². The maximum atomic E-state index is 11.9. The zero-order valence-corrected chi connectivity index (χ0v) is 9.73. The molecule has 14 heavy (non-hydrogen) atoms. The Morgan fingerprint density at radius 1 is 1.14 bits per heavy atom. The monoisotopic (exact) mass is 194 g/mol. The molecule has 0 saturated heterocycles. The molecule has 1 heteroatoms. The van der Waals surface area contributed by atoms with Gasteiger partial charge in [0.05, 0.1) is 0 Å². The summed E-state index contributed by atoms with van der Waals surface area (Å²) >= 11 is 0. The largest absolute Gasteiger partial charge is 0.299 e. The highest BCUT2D eigenvalue weighted by Gasteiger charge is 2.51. The van der Waals surface area contributed by atoms with Crippen LogP contribution in [0.2, 0.25) is 0 Å². The highest BCUT2D eigenvalue weighted by Crippen LogP contribution is 2.56. The molecule has 0 aromatic rings. The van der Waals surface area contributed by atoms with E-state index in [0.717, 1.165) is 12.8 Å². The van der Waals surface area contributed by atoms with Gasteiger partial charge in [0.15, 0.2) is 0 Å².